The van der Waals surface area contributed by atoms with E-state index in [0.717, 1.165) is 32.2 Å². The summed E-state index contributed by atoms with van der Waals surface area (Å²) in [6.45, 7) is 3.07. The fourth-order valence-electron chi connectivity index (χ4n) is 2.82. The summed E-state index contributed by atoms with van der Waals surface area (Å²) in [4.78, 5) is 1.42. The second kappa shape index (κ2) is 6.86. The first-order valence-corrected chi connectivity index (χ1v) is 9.75. The van der Waals surface area contributed by atoms with Gasteiger partial charge in [-0.1, -0.05) is 13.0 Å². The van der Waals surface area contributed by atoms with Crippen molar-refractivity contribution in [3.8, 4) is 0 Å². The number of sulfone groups is 1. The van der Waals surface area contributed by atoms with Crippen LogP contribution in [0.3, 0.4) is 0 Å². The van der Waals surface area contributed by atoms with E-state index in [9.17, 15) is 8.42 Å². The Morgan fingerprint density at radius 2 is 2.37 bits per heavy atom. The molecule has 0 radical (unpaired) electrons. The summed E-state index contributed by atoms with van der Waals surface area (Å²) in [5, 5.41) is 5.62. The lowest BCUT2D eigenvalue weighted by Gasteiger charge is -2.20. The first-order chi connectivity index (χ1) is 9.09. The van der Waals surface area contributed by atoms with Crippen LogP contribution in [0.2, 0.25) is 0 Å². The molecule has 2 unspecified atom stereocenters. The van der Waals surface area contributed by atoms with Crippen LogP contribution in [0.5, 0.6) is 0 Å². The van der Waals surface area contributed by atoms with Crippen molar-refractivity contribution in [2.45, 2.75) is 38.6 Å². The molecule has 0 spiro atoms. The van der Waals surface area contributed by atoms with E-state index in [1.54, 1.807) is 11.3 Å². The third-order valence-corrected chi connectivity index (χ3v) is 6.53. The van der Waals surface area contributed by atoms with Gasteiger partial charge in [-0.2, -0.15) is 0 Å². The van der Waals surface area contributed by atoms with E-state index in [-0.39, 0.29) is 0 Å². The van der Waals surface area contributed by atoms with Crippen molar-refractivity contribution in [3.63, 3.8) is 0 Å². The van der Waals surface area contributed by atoms with Crippen molar-refractivity contribution in [3.05, 3.63) is 22.4 Å². The molecule has 1 aromatic heterocycles. The van der Waals surface area contributed by atoms with Gasteiger partial charge < -0.3 is 5.32 Å². The Balaban J connectivity index is 1.82. The van der Waals surface area contributed by atoms with Crippen LogP contribution in [0.4, 0.5) is 0 Å². The minimum atomic E-state index is -2.74. The standard InChI is InChI=1S/C14H23NO2S2/c1-2-15-13(5-6-14-4-3-8-18-14)10-12-7-9-19(16,17)11-12/h3-4,8,12-13,15H,2,5-7,9-11H2,1H3. The summed E-state index contributed by atoms with van der Waals surface area (Å²) in [6, 6.07) is 4.71. The minimum absolute atomic E-state index is 0.359. The monoisotopic (exact) mass is 301 g/mol. The Kier molecular flexibility index (Phi) is 5.42. The Bertz CT molecular complexity index is 468. The molecule has 2 rings (SSSR count). The van der Waals surface area contributed by atoms with Gasteiger partial charge in [0.15, 0.2) is 9.84 Å². The zero-order chi connectivity index (χ0) is 13.7. The Labute approximate surface area is 120 Å². The van der Waals surface area contributed by atoms with Crippen LogP contribution in [0.25, 0.3) is 0 Å². The second-order valence-electron chi connectivity index (χ2n) is 5.38. The molecule has 0 bridgehead atoms. The molecule has 0 aliphatic carbocycles. The molecule has 108 valence electrons. The molecule has 1 aliphatic heterocycles. The summed E-state index contributed by atoms with van der Waals surface area (Å²) in [5.74, 6) is 1.15. The lowest BCUT2D eigenvalue weighted by atomic mass is 9.96. The summed E-state index contributed by atoms with van der Waals surface area (Å²) in [7, 11) is -2.74. The van der Waals surface area contributed by atoms with Crippen molar-refractivity contribution in [2.24, 2.45) is 5.92 Å². The molecular formula is C14H23NO2S2. The predicted molar refractivity (Wildman–Crippen MR) is 81.5 cm³/mol. The third kappa shape index (κ3) is 4.89. The Morgan fingerprint density at radius 1 is 1.53 bits per heavy atom. The van der Waals surface area contributed by atoms with E-state index < -0.39 is 9.84 Å². The van der Waals surface area contributed by atoms with Gasteiger partial charge in [0.1, 0.15) is 0 Å². The number of rotatable bonds is 7. The van der Waals surface area contributed by atoms with Gasteiger partial charge in [0.25, 0.3) is 0 Å². The zero-order valence-corrected chi connectivity index (χ0v) is 13.1. The molecule has 1 aromatic rings. The van der Waals surface area contributed by atoms with Gasteiger partial charge in [-0.25, -0.2) is 8.42 Å². The number of nitrogens with one attached hydrogen (secondary N) is 1. The highest BCUT2D eigenvalue weighted by Crippen LogP contribution is 2.24. The molecule has 3 nitrogen and oxygen atoms in total. The largest absolute Gasteiger partial charge is 0.314 e. The highest BCUT2D eigenvalue weighted by molar-refractivity contribution is 7.91. The van der Waals surface area contributed by atoms with Crippen LogP contribution in [0.1, 0.15) is 31.1 Å². The van der Waals surface area contributed by atoms with Crippen LogP contribution in [0.15, 0.2) is 17.5 Å². The molecule has 0 aromatic carbocycles. The van der Waals surface area contributed by atoms with Crippen LogP contribution >= 0.6 is 11.3 Å². The molecule has 19 heavy (non-hydrogen) atoms. The fraction of sp³-hybridized carbons (Fsp3) is 0.714. The summed E-state index contributed by atoms with van der Waals surface area (Å²) < 4.78 is 23.0. The van der Waals surface area contributed by atoms with Crippen LogP contribution in [-0.2, 0) is 16.3 Å². The van der Waals surface area contributed by atoms with Crippen LogP contribution in [-0.4, -0.2) is 32.5 Å². The SMILES string of the molecule is CCNC(CCc1cccs1)CC1CCS(=O)(=O)C1. The van der Waals surface area contributed by atoms with Crippen molar-refractivity contribution in [1.29, 1.82) is 0 Å². The van der Waals surface area contributed by atoms with Gasteiger partial charge in [0.05, 0.1) is 11.5 Å². The number of hydrogen-bond donors (Lipinski definition) is 1. The van der Waals surface area contributed by atoms with Crippen LogP contribution in [0, 0.1) is 5.92 Å². The maximum Gasteiger partial charge on any atom is 0.150 e. The number of thiophene rings is 1. The number of hydrogen-bond acceptors (Lipinski definition) is 4. The fourth-order valence-corrected chi connectivity index (χ4v) is 5.43. The topological polar surface area (TPSA) is 46.2 Å². The molecule has 2 atom stereocenters. The smallest absolute Gasteiger partial charge is 0.150 e. The first-order valence-electron chi connectivity index (χ1n) is 7.05. The minimum Gasteiger partial charge on any atom is -0.314 e. The molecular weight excluding hydrogens is 278 g/mol. The van der Waals surface area contributed by atoms with E-state index in [2.05, 4.69) is 29.8 Å². The van der Waals surface area contributed by atoms with Gasteiger partial charge in [0.2, 0.25) is 0 Å². The molecule has 1 N–H and O–H groups in total. The molecule has 2 heterocycles. The van der Waals surface area contributed by atoms with E-state index >= 15 is 0 Å². The van der Waals surface area contributed by atoms with Gasteiger partial charge in [-0.05, 0) is 49.6 Å². The van der Waals surface area contributed by atoms with Crippen molar-refractivity contribution < 1.29 is 8.42 Å². The van der Waals surface area contributed by atoms with Crippen molar-refractivity contribution >= 4 is 21.2 Å². The molecule has 0 saturated carbocycles. The summed E-state index contributed by atoms with van der Waals surface area (Å²) in [5.41, 5.74) is 0. The van der Waals surface area contributed by atoms with Gasteiger partial charge in [-0.15, -0.1) is 11.3 Å². The summed E-state index contributed by atoms with van der Waals surface area (Å²) in [6.07, 6.45) is 4.04. The summed E-state index contributed by atoms with van der Waals surface area (Å²) >= 11 is 1.80. The van der Waals surface area contributed by atoms with E-state index in [1.165, 1.54) is 4.88 Å². The van der Waals surface area contributed by atoms with E-state index in [0.29, 0.717) is 23.5 Å². The maximum absolute atomic E-state index is 11.5. The molecule has 1 fully saturated rings. The third-order valence-electron chi connectivity index (χ3n) is 3.76. The predicted octanol–water partition coefficient (Wildman–Crippen LogP) is 2.48. The lowest BCUT2D eigenvalue weighted by Crippen LogP contribution is -2.31. The quantitative estimate of drug-likeness (QED) is 0.841. The van der Waals surface area contributed by atoms with Gasteiger partial charge >= 0.3 is 0 Å². The van der Waals surface area contributed by atoms with Crippen molar-refractivity contribution in [2.75, 3.05) is 18.1 Å². The lowest BCUT2D eigenvalue weighted by molar-refractivity contribution is 0.393. The highest BCUT2D eigenvalue weighted by Gasteiger charge is 2.29. The number of aryl methyl sites for hydroxylation is 1. The molecule has 1 saturated heterocycles. The first kappa shape index (κ1) is 15.0. The second-order valence-corrected chi connectivity index (χ2v) is 8.64. The van der Waals surface area contributed by atoms with Crippen molar-refractivity contribution in [1.82, 2.24) is 5.32 Å². The average molecular weight is 301 g/mol. The average Bonchev–Trinajstić information content (AvgIpc) is 2.96. The highest BCUT2D eigenvalue weighted by atomic mass is 32.2. The molecule has 0 amide bonds. The Morgan fingerprint density at radius 3 is 2.95 bits per heavy atom. The van der Waals surface area contributed by atoms with E-state index in [1.807, 2.05) is 0 Å². The molecule has 1 aliphatic rings. The van der Waals surface area contributed by atoms with Gasteiger partial charge in [0, 0.05) is 10.9 Å². The maximum atomic E-state index is 11.5. The Hall–Kier alpha value is -0.390. The van der Waals surface area contributed by atoms with Gasteiger partial charge in [-0.3, -0.25) is 0 Å². The molecule has 5 heteroatoms. The normalized spacial score (nSPS) is 23.5. The van der Waals surface area contributed by atoms with E-state index in [4.69, 9.17) is 0 Å². The van der Waals surface area contributed by atoms with Crippen LogP contribution < -0.4 is 5.32 Å². The zero-order valence-electron chi connectivity index (χ0n) is 11.5.